The molecule has 7 heterocycles. The minimum atomic E-state index is -1.85. The van der Waals surface area contributed by atoms with Crippen molar-refractivity contribution in [2.24, 2.45) is 0 Å². The Labute approximate surface area is 326 Å². The van der Waals surface area contributed by atoms with Crippen LogP contribution in [0.5, 0.6) is 0 Å². The first-order chi connectivity index (χ1) is 27.1. The van der Waals surface area contributed by atoms with Gasteiger partial charge in [0.15, 0.2) is 23.0 Å². The molecule has 4 aliphatic rings. The molecule has 8 atom stereocenters. The molecule has 0 spiro atoms. The number of aryl methyl sites for hydroxylation is 1. The normalized spacial score (nSPS) is 33.1. The summed E-state index contributed by atoms with van der Waals surface area (Å²) >= 11 is 0. The maximum absolute atomic E-state index is 17.3. The van der Waals surface area contributed by atoms with Gasteiger partial charge in [0, 0.05) is 37.0 Å². The first kappa shape index (κ1) is 36.1. The fraction of sp³-hybridized carbons (Fsp3) is 0.439. The maximum Gasteiger partial charge on any atom is 0.179 e. The molecule has 10 rings (SSSR count). The highest BCUT2D eigenvalue weighted by Crippen LogP contribution is 2.58. The number of nitrogen functional groups attached to an aromatic ring is 3. The third-order valence-corrected chi connectivity index (χ3v) is 12.5. The van der Waals surface area contributed by atoms with Crippen LogP contribution >= 0.6 is 0 Å². The fourth-order valence-electron chi connectivity index (χ4n) is 10.0. The molecule has 2 saturated heterocycles. The fourth-order valence-corrected chi connectivity index (χ4v) is 10.0. The average molecular weight is 779 g/mol. The van der Waals surface area contributed by atoms with Gasteiger partial charge in [0.25, 0.3) is 0 Å². The molecule has 1 aromatic carbocycles. The lowest BCUT2D eigenvalue weighted by molar-refractivity contribution is -0.190. The number of fused-ring (bicyclic) bond motifs is 5. The summed E-state index contributed by atoms with van der Waals surface area (Å²) in [5.74, 6) is -1.24. The third kappa shape index (κ3) is 5.44. The number of hydrogen-bond acceptors (Lipinski definition) is 12. The first-order valence-electron chi connectivity index (χ1n) is 19.2. The quantitative estimate of drug-likeness (QED) is 0.153. The number of nitrogens with zero attached hydrogens (tertiary/aromatic N) is 7. The van der Waals surface area contributed by atoms with Gasteiger partial charge in [0.2, 0.25) is 0 Å². The molecule has 0 amide bonds. The summed E-state index contributed by atoms with van der Waals surface area (Å²) in [5.41, 5.74) is 17.5. The number of rotatable bonds is 8. The number of nitrogens with two attached hydrogens (primary N) is 3. The molecular formula is C41H44F2N10O4. The van der Waals surface area contributed by atoms with E-state index in [2.05, 4.69) is 31.5 Å². The minimum Gasteiger partial charge on any atom is -0.384 e. The van der Waals surface area contributed by atoms with Crippen LogP contribution in [0.15, 0.2) is 74.1 Å². The average Bonchev–Trinajstić information content (AvgIpc) is 4.00. The second-order valence-corrected chi connectivity index (χ2v) is 16.7. The van der Waals surface area contributed by atoms with Crippen LogP contribution in [0, 0.1) is 0 Å². The molecule has 57 heavy (non-hydrogen) atoms. The van der Waals surface area contributed by atoms with E-state index in [1.165, 1.54) is 18.7 Å². The van der Waals surface area contributed by atoms with E-state index >= 15 is 8.78 Å². The lowest BCUT2D eigenvalue weighted by Gasteiger charge is -2.32. The second kappa shape index (κ2) is 12.1. The molecule has 4 fully saturated rings. The highest BCUT2D eigenvalue weighted by molar-refractivity contribution is 5.87. The zero-order valence-electron chi connectivity index (χ0n) is 31.9. The summed E-state index contributed by atoms with van der Waals surface area (Å²) in [7, 11) is 0. The topological polar surface area (TPSA) is 189 Å². The van der Waals surface area contributed by atoms with Crippen LogP contribution in [-0.2, 0) is 37.5 Å². The molecule has 14 nitrogen and oxygen atoms in total. The predicted molar refractivity (Wildman–Crippen MR) is 209 cm³/mol. The number of alkyl halides is 2. The van der Waals surface area contributed by atoms with Crippen LogP contribution in [0.2, 0.25) is 0 Å². The van der Waals surface area contributed by atoms with E-state index in [0.717, 1.165) is 16.5 Å². The SMILES string of the molecule is C=C[C@@]1(F)C[C@@H](n2ccc3c(N)ncnc32)[C@@H]2OC(C)(Cc3cc(N)nc4cc(CC[C@@]5(F)CC[C@@]6(n7ccc8c(N)ncnc87)OC(C)(C)O[C@H]56)ccc34)O[C@@H]21. The molecule has 2 saturated carbocycles. The van der Waals surface area contributed by atoms with Gasteiger partial charge >= 0.3 is 0 Å². The van der Waals surface area contributed by atoms with E-state index < -0.39 is 53.0 Å². The van der Waals surface area contributed by atoms with Crippen molar-refractivity contribution in [3.05, 3.63) is 85.2 Å². The van der Waals surface area contributed by atoms with E-state index in [0.29, 0.717) is 57.9 Å². The van der Waals surface area contributed by atoms with Crippen molar-refractivity contribution in [3.63, 3.8) is 0 Å². The predicted octanol–water partition coefficient (Wildman–Crippen LogP) is 5.99. The Morgan fingerprint density at radius 2 is 1.61 bits per heavy atom. The van der Waals surface area contributed by atoms with E-state index in [-0.39, 0.29) is 25.7 Å². The Morgan fingerprint density at radius 3 is 2.39 bits per heavy atom. The molecule has 0 bridgehead atoms. The standard InChI is InChI=1S/C41H44F2N10O4/c1-5-39(42)19-28(52-14-9-25-32(45)47-20-49-34(25)52)30-31(39)55-38(4,54-30)18-23-17-29(44)51-27-16-22(6-7-24(23)27)8-11-40(43)12-13-41(36(40)56-37(2,3)57-41)53-15-10-26-33(46)48-21-50-35(26)53/h5-7,9-10,14-17,20-21,28,30-31,36H,1,8,11-13,18-19H2,2-4H3,(H2,44,51)(H2,45,47,49)(H2,46,48,50)/t28-,30+,31+,36-,38?,39-,40-,41-/m1/s1. The van der Waals surface area contributed by atoms with Crippen molar-refractivity contribution in [1.82, 2.24) is 34.1 Å². The van der Waals surface area contributed by atoms with Crippen LogP contribution in [0.3, 0.4) is 0 Å². The summed E-state index contributed by atoms with van der Waals surface area (Å²) < 4.78 is 63.8. The lowest BCUT2D eigenvalue weighted by atomic mass is 9.91. The van der Waals surface area contributed by atoms with Crippen molar-refractivity contribution < 1.29 is 27.7 Å². The van der Waals surface area contributed by atoms with E-state index in [4.69, 9.17) is 36.1 Å². The monoisotopic (exact) mass is 778 g/mol. The number of hydrogen-bond donors (Lipinski definition) is 3. The summed E-state index contributed by atoms with van der Waals surface area (Å²) in [6.45, 7) is 9.23. The largest absolute Gasteiger partial charge is 0.384 e. The van der Waals surface area contributed by atoms with Crippen molar-refractivity contribution >= 4 is 50.4 Å². The number of benzene rings is 1. The summed E-state index contributed by atoms with van der Waals surface area (Å²) in [5, 5.41) is 2.18. The molecule has 6 aromatic rings. The van der Waals surface area contributed by atoms with Gasteiger partial charge in [-0.15, -0.1) is 0 Å². The van der Waals surface area contributed by atoms with Crippen LogP contribution in [0.1, 0.15) is 63.6 Å². The molecule has 5 aromatic heterocycles. The zero-order valence-corrected chi connectivity index (χ0v) is 31.9. The molecule has 16 heteroatoms. The number of ether oxygens (including phenoxy) is 4. The Hall–Kier alpha value is -5.29. The van der Waals surface area contributed by atoms with Crippen molar-refractivity contribution in [1.29, 1.82) is 0 Å². The molecule has 6 N–H and O–H groups in total. The first-order valence-corrected chi connectivity index (χ1v) is 19.2. The van der Waals surface area contributed by atoms with Crippen LogP contribution in [0.4, 0.5) is 26.2 Å². The van der Waals surface area contributed by atoms with Crippen LogP contribution in [-0.4, -0.2) is 75.3 Å². The van der Waals surface area contributed by atoms with E-state index in [1.54, 1.807) is 19.9 Å². The molecule has 2 aliphatic heterocycles. The highest BCUT2D eigenvalue weighted by atomic mass is 19.1. The lowest BCUT2D eigenvalue weighted by Crippen LogP contribution is -2.46. The summed E-state index contributed by atoms with van der Waals surface area (Å²) in [4.78, 5) is 21.8. The third-order valence-electron chi connectivity index (χ3n) is 12.5. The molecule has 2 aliphatic carbocycles. The Morgan fingerprint density at radius 1 is 0.877 bits per heavy atom. The van der Waals surface area contributed by atoms with E-state index in [1.807, 2.05) is 58.8 Å². The van der Waals surface area contributed by atoms with Gasteiger partial charge in [0.1, 0.15) is 65.4 Å². The number of anilines is 3. The second-order valence-electron chi connectivity index (χ2n) is 16.7. The zero-order chi connectivity index (χ0) is 39.7. The Balaban J connectivity index is 0.904. The maximum atomic E-state index is 17.3. The smallest absolute Gasteiger partial charge is 0.179 e. The van der Waals surface area contributed by atoms with Gasteiger partial charge < -0.3 is 45.3 Å². The van der Waals surface area contributed by atoms with Gasteiger partial charge in [-0.05, 0) is 75.4 Å². The minimum absolute atomic E-state index is 0.0929. The molecule has 296 valence electrons. The van der Waals surface area contributed by atoms with Gasteiger partial charge in [-0.1, -0.05) is 24.8 Å². The van der Waals surface area contributed by atoms with Gasteiger partial charge in [-0.2, -0.15) is 0 Å². The van der Waals surface area contributed by atoms with Crippen molar-refractivity contribution in [3.8, 4) is 0 Å². The van der Waals surface area contributed by atoms with Crippen LogP contribution < -0.4 is 17.2 Å². The highest BCUT2D eigenvalue weighted by Gasteiger charge is 2.68. The Kier molecular flexibility index (Phi) is 7.67. The Bertz CT molecular complexity index is 2620. The van der Waals surface area contributed by atoms with Gasteiger partial charge in [0.05, 0.1) is 22.3 Å². The van der Waals surface area contributed by atoms with Gasteiger partial charge in [-0.25, -0.2) is 33.7 Å². The summed E-state index contributed by atoms with van der Waals surface area (Å²) in [6, 6.07) is 10.9. The molecule has 0 radical (unpaired) electrons. The van der Waals surface area contributed by atoms with Crippen LogP contribution in [0.25, 0.3) is 33.0 Å². The molecule has 1 unspecified atom stereocenters. The van der Waals surface area contributed by atoms with Gasteiger partial charge in [-0.3, -0.25) is 0 Å². The van der Waals surface area contributed by atoms with Crippen molar-refractivity contribution in [2.75, 3.05) is 17.2 Å². The van der Waals surface area contributed by atoms with E-state index in [9.17, 15) is 0 Å². The number of pyridine rings is 1. The number of aromatic nitrogens is 7. The molecular weight excluding hydrogens is 735 g/mol. The summed E-state index contributed by atoms with van der Waals surface area (Å²) in [6.07, 6.45) is 6.87. The van der Waals surface area contributed by atoms with Crippen molar-refractivity contribution in [2.45, 2.75) is 112 Å². The number of halogens is 2.